The smallest absolute Gasteiger partial charge is 0.407 e. The SMILES string of the molecule is CC(N)C(C)NC(=O)OCc1ccccc1. The average Bonchev–Trinajstić information content (AvgIpc) is 2.27. The van der Waals surface area contributed by atoms with E-state index in [1.54, 1.807) is 0 Å². The van der Waals surface area contributed by atoms with Gasteiger partial charge in [-0.2, -0.15) is 0 Å². The summed E-state index contributed by atoms with van der Waals surface area (Å²) >= 11 is 0. The van der Waals surface area contributed by atoms with Crippen molar-refractivity contribution >= 4 is 6.09 Å². The van der Waals surface area contributed by atoms with Gasteiger partial charge in [0.25, 0.3) is 0 Å². The molecule has 0 aliphatic carbocycles. The molecular weight excluding hydrogens is 204 g/mol. The predicted molar refractivity (Wildman–Crippen MR) is 62.9 cm³/mol. The molecule has 1 amide bonds. The summed E-state index contributed by atoms with van der Waals surface area (Å²) < 4.78 is 5.04. The van der Waals surface area contributed by atoms with Crippen LogP contribution in [0.2, 0.25) is 0 Å². The summed E-state index contributed by atoms with van der Waals surface area (Å²) in [6.07, 6.45) is -0.436. The van der Waals surface area contributed by atoms with Gasteiger partial charge in [-0.1, -0.05) is 30.3 Å². The number of nitrogens with one attached hydrogen (secondary N) is 1. The number of amides is 1. The van der Waals surface area contributed by atoms with Crippen molar-refractivity contribution in [3.05, 3.63) is 35.9 Å². The molecule has 1 rings (SSSR count). The molecule has 0 fully saturated rings. The highest BCUT2D eigenvalue weighted by Gasteiger charge is 2.11. The van der Waals surface area contributed by atoms with Crippen LogP contribution < -0.4 is 11.1 Å². The first-order valence-electron chi connectivity index (χ1n) is 5.32. The standard InChI is InChI=1S/C12H18N2O2/c1-9(13)10(2)14-12(15)16-8-11-6-4-3-5-7-11/h3-7,9-10H,8,13H2,1-2H3,(H,14,15). The van der Waals surface area contributed by atoms with Gasteiger partial charge in [-0.3, -0.25) is 0 Å². The highest BCUT2D eigenvalue weighted by molar-refractivity contribution is 5.67. The van der Waals surface area contributed by atoms with Gasteiger partial charge in [0.15, 0.2) is 0 Å². The number of nitrogens with two attached hydrogens (primary N) is 1. The van der Waals surface area contributed by atoms with Crippen molar-refractivity contribution in [3.63, 3.8) is 0 Å². The van der Waals surface area contributed by atoms with Gasteiger partial charge in [0, 0.05) is 12.1 Å². The maximum Gasteiger partial charge on any atom is 0.407 e. The van der Waals surface area contributed by atoms with Crippen LogP contribution in [0.15, 0.2) is 30.3 Å². The maximum absolute atomic E-state index is 11.3. The van der Waals surface area contributed by atoms with Crippen molar-refractivity contribution in [1.82, 2.24) is 5.32 Å². The van der Waals surface area contributed by atoms with Crippen LogP contribution in [0.4, 0.5) is 4.79 Å². The Hall–Kier alpha value is -1.55. The van der Waals surface area contributed by atoms with Crippen LogP contribution in [0.1, 0.15) is 19.4 Å². The molecule has 0 aliphatic rings. The van der Waals surface area contributed by atoms with Gasteiger partial charge >= 0.3 is 6.09 Å². The lowest BCUT2D eigenvalue weighted by Crippen LogP contribution is -2.44. The van der Waals surface area contributed by atoms with Gasteiger partial charge in [0.05, 0.1) is 0 Å². The number of benzene rings is 1. The zero-order valence-corrected chi connectivity index (χ0v) is 9.64. The fraction of sp³-hybridized carbons (Fsp3) is 0.417. The van der Waals surface area contributed by atoms with E-state index >= 15 is 0 Å². The van der Waals surface area contributed by atoms with E-state index in [1.807, 2.05) is 44.2 Å². The summed E-state index contributed by atoms with van der Waals surface area (Å²) in [5.74, 6) is 0. The van der Waals surface area contributed by atoms with E-state index in [4.69, 9.17) is 10.5 Å². The molecule has 0 bridgehead atoms. The van der Waals surface area contributed by atoms with E-state index in [0.717, 1.165) is 5.56 Å². The first-order chi connectivity index (χ1) is 7.59. The Morgan fingerprint density at radius 1 is 1.38 bits per heavy atom. The molecular formula is C12H18N2O2. The van der Waals surface area contributed by atoms with Gasteiger partial charge in [-0.25, -0.2) is 4.79 Å². The van der Waals surface area contributed by atoms with Crippen LogP contribution in [-0.2, 0) is 11.3 Å². The summed E-state index contributed by atoms with van der Waals surface area (Å²) in [5, 5.41) is 2.66. The minimum absolute atomic E-state index is 0.0933. The Bertz CT molecular complexity index is 325. The highest BCUT2D eigenvalue weighted by atomic mass is 16.5. The zero-order chi connectivity index (χ0) is 12.0. The molecule has 2 unspecified atom stereocenters. The van der Waals surface area contributed by atoms with Crippen LogP contribution in [0.5, 0.6) is 0 Å². The fourth-order valence-electron chi connectivity index (χ4n) is 1.08. The molecule has 16 heavy (non-hydrogen) atoms. The molecule has 2 atom stereocenters. The van der Waals surface area contributed by atoms with Crippen molar-refractivity contribution in [2.75, 3.05) is 0 Å². The normalized spacial score (nSPS) is 13.9. The lowest BCUT2D eigenvalue weighted by Gasteiger charge is -2.17. The summed E-state index contributed by atoms with van der Waals surface area (Å²) in [6.45, 7) is 3.95. The highest BCUT2D eigenvalue weighted by Crippen LogP contribution is 2.00. The van der Waals surface area contributed by atoms with Crippen LogP contribution in [0, 0.1) is 0 Å². The Balaban J connectivity index is 2.31. The Kier molecular flexibility index (Phi) is 4.79. The third-order valence-corrected chi connectivity index (χ3v) is 2.35. The second kappa shape index (κ2) is 6.12. The number of carbonyl (C=O) groups excluding carboxylic acids is 1. The number of hydrogen-bond donors (Lipinski definition) is 2. The third kappa shape index (κ3) is 4.31. The molecule has 0 aliphatic heterocycles. The van der Waals surface area contributed by atoms with Crippen LogP contribution >= 0.6 is 0 Å². The second-order valence-corrected chi connectivity index (χ2v) is 3.85. The fourth-order valence-corrected chi connectivity index (χ4v) is 1.08. The van der Waals surface area contributed by atoms with Gasteiger partial charge in [-0.15, -0.1) is 0 Å². The summed E-state index contributed by atoms with van der Waals surface area (Å²) in [4.78, 5) is 11.3. The molecule has 0 spiro atoms. The second-order valence-electron chi connectivity index (χ2n) is 3.85. The van der Waals surface area contributed by atoms with Gasteiger partial charge < -0.3 is 15.8 Å². The first-order valence-corrected chi connectivity index (χ1v) is 5.32. The number of rotatable bonds is 4. The van der Waals surface area contributed by atoms with Crippen LogP contribution in [0.25, 0.3) is 0 Å². The van der Waals surface area contributed by atoms with E-state index in [-0.39, 0.29) is 18.7 Å². The predicted octanol–water partition coefficient (Wildman–Crippen LogP) is 1.65. The Morgan fingerprint density at radius 3 is 2.56 bits per heavy atom. The number of hydrogen-bond acceptors (Lipinski definition) is 3. The summed E-state index contributed by atoms with van der Waals surface area (Å²) in [5.41, 5.74) is 6.59. The monoisotopic (exact) mass is 222 g/mol. The van der Waals surface area contributed by atoms with E-state index in [9.17, 15) is 4.79 Å². The molecule has 1 aromatic rings. The Morgan fingerprint density at radius 2 is 2.00 bits per heavy atom. The molecule has 0 radical (unpaired) electrons. The topological polar surface area (TPSA) is 64.3 Å². The van der Waals surface area contributed by atoms with E-state index in [2.05, 4.69) is 5.32 Å². The largest absolute Gasteiger partial charge is 0.445 e. The molecule has 1 aromatic carbocycles. The lowest BCUT2D eigenvalue weighted by atomic mass is 10.2. The van der Waals surface area contributed by atoms with Gasteiger partial charge in [0.1, 0.15) is 6.61 Å². The van der Waals surface area contributed by atoms with Crippen LogP contribution in [-0.4, -0.2) is 18.2 Å². The number of ether oxygens (including phenoxy) is 1. The van der Waals surface area contributed by atoms with Crippen molar-refractivity contribution < 1.29 is 9.53 Å². The molecule has 4 nitrogen and oxygen atoms in total. The van der Waals surface area contributed by atoms with Gasteiger partial charge in [0.2, 0.25) is 0 Å². The van der Waals surface area contributed by atoms with Gasteiger partial charge in [-0.05, 0) is 19.4 Å². The Labute approximate surface area is 95.8 Å². The van der Waals surface area contributed by atoms with E-state index in [1.165, 1.54) is 0 Å². The average molecular weight is 222 g/mol. The quantitative estimate of drug-likeness (QED) is 0.814. The van der Waals surface area contributed by atoms with E-state index in [0.29, 0.717) is 0 Å². The zero-order valence-electron chi connectivity index (χ0n) is 9.64. The van der Waals surface area contributed by atoms with Crippen molar-refractivity contribution in [1.29, 1.82) is 0 Å². The molecule has 0 aromatic heterocycles. The molecule has 0 saturated heterocycles. The summed E-state index contributed by atoms with van der Waals surface area (Å²) in [6, 6.07) is 9.35. The molecule has 0 saturated carbocycles. The molecule has 3 N–H and O–H groups in total. The minimum atomic E-state index is -0.436. The van der Waals surface area contributed by atoms with Crippen molar-refractivity contribution in [2.45, 2.75) is 32.5 Å². The molecule has 88 valence electrons. The third-order valence-electron chi connectivity index (χ3n) is 2.35. The van der Waals surface area contributed by atoms with Crippen molar-refractivity contribution in [2.24, 2.45) is 5.73 Å². The van der Waals surface area contributed by atoms with Crippen LogP contribution in [0.3, 0.4) is 0 Å². The lowest BCUT2D eigenvalue weighted by molar-refractivity contribution is 0.135. The van der Waals surface area contributed by atoms with Crippen molar-refractivity contribution in [3.8, 4) is 0 Å². The minimum Gasteiger partial charge on any atom is -0.445 e. The molecule has 0 heterocycles. The molecule has 4 heteroatoms. The number of alkyl carbamates (subject to hydrolysis) is 1. The first kappa shape index (κ1) is 12.5. The summed E-state index contributed by atoms with van der Waals surface area (Å²) in [7, 11) is 0. The van der Waals surface area contributed by atoms with E-state index < -0.39 is 6.09 Å². The maximum atomic E-state index is 11.3. The number of carbonyl (C=O) groups is 1.